The molecule has 100 valence electrons. The number of phenols is 1. The fourth-order valence-corrected chi connectivity index (χ4v) is 2.78. The van der Waals surface area contributed by atoms with E-state index >= 15 is 0 Å². The number of para-hydroxylation sites is 1. The van der Waals surface area contributed by atoms with Crippen LogP contribution in [0.2, 0.25) is 10.0 Å². The van der Waals surface area contributed by atoms with Gasteiger partial charge in [-0.15, -0.1) is 0 Å². The molecule has 0 atom stereocenters. The van der Waals surface area contributed by atoms with Crippen LogP contribution in [0.4, 0.5) is 5.69 Å². The highest BCUT2D eigenvalue weighted by atomic mass is 35.5. The van der Waals surface area contributed by atoms with E-state index in [0.717, 1.165) is 0 Å². The van der Waals surface area contributed by atoms with E-state index in [1.54, 1.807) is 0 Å². The van der Waals surface area contributed by atoms with Gasteiger partial charge in [-0.2, -0.15) is 0 Å². The second-order valence-electron chi connectivity index (χ2n) is 3.70. The van der Waals surface area contributed by atoms with E-state index < -0.39 is 10.0 Å². The van der Waals surface area contributed by atoms with Crippen LogP contribution in [0.5, 0.6) is 5.75 Å². The molecule has 7 heteroatoms. The number of benzene rings is 2. The number of phenolic OH excluding ortho intramolecular Hbond substituents is 1. The molecule has 0 aliphatic carbocycles. The Labute approximate surface area is 120 Å². The van der Waals surface area contributed by atoms with Crippen molar-refractivity contribution in [2.24, 2.45) is 0 Å². The lowest BCUT2D eigenvalue weighted by Gasteiger charge is -2.10. The van der Waals surface area contributed by atoms with Gasteiger partial charge in [0.25, 0.3) is 10.0 Å². The molecular weight excluding hydrogens is 309 g/mol. The predicted octanol–water partition coefficient (Wildman–Crippen LogP) is 3.50. The molecule has 0 spiro atoms. The molecule has 2 N–H and O–H groups in total. The summed E-state index contributed by atoms with van der Waals surface area (Å²) in [4.78, 5) is 0.0382. The number of halogens is 2. The molecule has 0 saturated carbocycles. The van der Waals surface area contributed by atoms with E-state index in [0.29, 0.717) is 5.02 Å². The van der Waals surface area contributed by atoms with Gasteiger partial charge in [0.15, 0.2) is 5.75 Å². The Morgan fingerprint density at radius 1 is 1.00 bits per heavy atom. The number of rotatable bonds is 3. The van der Waals surface area contributed by atoms with Crippen LogP contribution in [0, 0.1) is 0 Å². The Hall–Kier alpha value is -1.43. The summed E-state index contributed by atoms with van der Waals surface area (Å²) in [7, 11) is -3.80. The summed E-state index contributed by atoms with van der Waals surface area (Å²) in [6.45, 7) is 0. The third-order valence-electron chi connectivity index (χ3n) is 2.36. The molecule has 0 unspecified atom stereocenters. The summed E-state index contributed by atoms with van der Waals surface area (Å²) >= 11 is 11.4. The monoisotopic (exact) mass is 317 g/mol. The van der Waals surface area contributed by atoms with E-state index in [-0.39, 0.29) is 21.4 Å². The van der Waals surface area contributed by atoms with Gasteiger partial charge >= 0.3 is 0 Å². The zero-order valence-electron chi connectivity index (χ0n) is 9.47. The molecule has 4 nitrogen and oxygen atoms in total. The average Bonchev–Trinajstić information content (AvgIpc) is 2.35. The first-order chi connectivity index (χ1) is 8.90. The first kappa shape index (κ1) is 14.0. The van der Waals surface area contributed by atoms with Crippen LogP contribution in [0.3, 0.4) is 0 Å². The van der Waals surface area contributed by atoms with E-state index in [2.05, 4.69) is 4.72 Å². The number of aromatic hydroxyl groups is 1. The Morgan fingerprint density at radius 3 is 2.26 bits per heavy atom. The number of hydrogen-bond donors (Lipinski definition) is 2. The number of sulfonamides is 1. The smallest absolute Gasteiger partial charge is 0.262 e. The summed E-state index contributed by atoms with van der Waals surface area (Å²) in [5, 5.41) is 10.2. The van der Waals surface area contributed by atoms with Crippen molar-refractivity contribution in [3.05, 3.63) is 52.5 Å². The molecular formula is C12H9Cl2NO3S. The van der Waals surface area contributed by atoms with Crippen LogP contribution < -0.4 is 4.72 Å². The van der Waals surface area contributed by atoms with Crippen molar-refractivity contribution in [3.8, 4) is 5.75 Å². The highest BCUT2D eigenvalue weighted by Gasteiger charge is 2.16. The number of nitrogens with one attached hydrogen (secondary N) is 1. The van der Waals surface area contributed by atoms with Crippen molar-refractivity contribution in [1.29, 1.82) is 0 Å². The van der Waals surface area contributed by atoms with Gasteiger partial charge < -0.3 is 5.11 Å². The third kappa shape index (κ3) is 3.12. The quantitative estimate of drug-likeness (QED) is 0.851. The molecule has 0 saturated heterocycles. The molecule has 0 radical (unpaired) electrons. The minimum absolute atomic E-state index is 0.0162. The zero-order chi connectivity index (χ0) is 14.0. The van der Waals surface area contributed by atoms with Crippen molar-refractivity contribution in [1.82, 2.24) is 0 Å². The summed E-state index contributed by atoms with van der Waals surface area (Å²) in [5.74, 6) is -0.318. The first-order valence-corrected chi connectivity index (χ1v) is 7.40. The van der Waals surface area contributed by atoms with E-state index in [9.17, 15) is 13.5 Å². The molecule has 2 aromatic rings. The van der Waals surface area contributed by atoms with E-state index in [1.807, 2.05) is 0 Å². The Kier molecular flexibility index (Phi) is 3.89. The van der Waals surface area contributed by atoms with E-state index in [4.69, 9.17) is 23.2 Å². The lowest BCUT2D eigenvalue weighted by molar-refractivity contribution is 0.478. The van der Waals surface area contributed by atoms with Gasteiger partial charge in [-0.3, -0.25) is 4.72 Å². The van der Waals surface area contributed by atoms with Gasteiger partial charge in [-0.25, -0.2) is 8.42 Å². The van der Waals surface area contributed by atoms with E-state index in [1.165, 1.54) is 42.5 Å². The summed E-state index contributed by atoms with van der Waals surface area (Å²) in [6.07, 6.45) is 0. The highest BCUT2D eigenvalue weighted by Crippen LogP contribution is 2.32. The van der Waals surface area contributed by atoms with Gasteiger partial charge in [0.2, 0.25) is 0 Å². The fraction of sp³-hybridized carbons (Fsp3) is 0. The van der Waals surface area contributed by atoms with Gasteiger partial charge in [0.1, 0.15) is 0 Å². The molecule has 0 amide bonds. The third-order valence-corrected chi connectivity index (χ3v) is 4.29. The maximum absolute atomic E-state index is 12.1. The number of anilines is 1. The minimum atomic E-state index is -3.80. The standard InChI is InChI=1S/C12H9Cl2NO3S/c13-8-4-6-9(7-5-8)19(17,18)15-11-3-1-2-10(14)12(11)16/h1-7,15-16H. The average molecular weight is 318 g/mol. The lowest BCUT2D eigenvalue weighted by Crippen LogP contribution is -2.12. The van der Waals surface area contributed by atoms with Gasteiger partial charge in [0.05, 0.1) is 15.6 Å². The normalized spacial score (nSPS) is 11.3. The molecule has 0 bridgehead atoms. The predicted molar refractivity (Wildman–Crippen MR) is 75.4 cm³/mol. The SMILES string of the molecule is O=S(=O)(Nc1cccc(Cl)c1O)c1ccc(Cl)cc1. The summed E-state index contributed by atoms with van der Waals surface area (Å²) in [6, 6.07) is 10.1. The minimum Gasteiger partial charge on any atom is -0.504 e. The summed E-state index contributed by atoms with van der Waals surface area (Å²) in [5.41, 5.74) is 0.0162. The van der Waals surface area contributed by atoms with Gasteiger partial charge in [0, 0.05) is 5.02 Å². The van der Waals surface area contributed by atoms with Crippen LogP contribution in [-0.4, -0.2) is 13.5 Å². The first-order valence-electron chi connectivity index (χ1n) is 5.16. The maximum Gasteiger partial charge on any atom is 0.262 e. The summed E-state index contributed by atoms with van der Waals surface area (Å²) < 4.78 is 26.4. The second kappa shape index (κ2) is 5.28. The lowest BCUT2D eigenvalue weighted by atomic mass is 10.3. The van der Waals surface area contributed by atoms with Crippen LogP contribution in [0.1, 0.15) is 0 Å². The van der Waals surface area contributed by atoms with Gasteiger partial charge in [-0.1, -0.05) is 29.3 Å². The molecule has 0 aliphatic rings. The molecule has 0 aliphatic heterocycles. The van der Waals surface area contributed by atoms with Crippen molar-refractivity contribution in [2.45, 2.75) is 4.90 Å². The van der Waals surface area contributed by atoms with Crippen LogP contribution >= 0.6 is 23.2 Å². The maximum atomic E-state index is 12.1. The molecule has 19 heavy (non-hydrogen) atoms. The van der Waals surface area contributed by atoms with Crippen LogP contribution in [-0.2, 0) is 10.0 Å². The van der Waals surface area contributed by atoms with Crippen molar-refractivity contribution < 1.29 is 13.5 Å². The van der Waals surface area contributed by atoms with Crippen molar-refractivity contribution >= 4 is 38.9 Å². The van der Waals surface area contributed by atoms with Crippen molar-refractivity contribution in [3.63, 3.8) is 0 Å². The Balaban J connectivity index is 2.36. The topological polar surface area (TPSA) is 66.4 Å². The highest BCUT2D eigenvalue weighted by molar-refractivity contribution is 7.92. The Morgan fingerprint density at radius 2 is 1.63 bits per heavy atom. The van der Waals surface area contributed by atoms with Gasteiger partial charge in [-0.05, 0) is 36.4 Å². The van der Waals surface area contributed by atoms with Crippen LogP contribution in [0.25, 0.3) is 0 Å². The molecule has 0 heterocycles. The van der Waals surface area contributed by atoms with Crippen LogP contribution in [0.15, 0.2) is 47.4 Å². The second-order valence-corrected chi connectivity index (χ2v) is 6.22. The Bertz CT molecular complexity index is 699. The molecule has 0 aromatic heterocycles. The number of hydrogen-bond acceptors (Lipinski definition) is 3. The van der Waals surface area contributed by atoms with Crippen molar-refractivity contribution in [2.75, 3.05) is 4.72 Å². The molecule has 2 aromatic carbocycles. The zero-order valence-corrected chi connectivity index (χ0v) is 11.8. The molecule has 0 fully saturated rings. The fourth-order valence-electron chi connectivity index (χ4n) is 1.42. The molecule has 2 rings (SSSR count). The largest absolute Gasteiger partial charge is 0.504 e.